The zero-order chi connectivity index (χ0) is 34.3. The van der Waals surface area contributed by atoms with Gasteiger partial charge in [0, 0.05) is 33.5 Å². The van der Waals surface area contributed by atoms with E-state index in [1.807, 2.05) is 55.1 Å². The van der Waals surface area contributed by atoms with Gasteiger partial charge in [-0.3, -0.25) is 4.55 Å². The van der Waals surface area contributed by atoms with E-state index in [9.17, 15) is 12.6 Å². The number of nitrogens with one attached hydrogen (secondary N) is 1. The van der Waals surface area contributed by atoms with Gasteiger partial charge in [0.1, 0.15) is 0 Å². The van der Waals surface area contributed by atoms with E-state index < -0.39 is 21.1 Å². The van der Waals surface area contributed by atoms with Crippen LogP contribution in [0.5, 0.6) is 0 Å². The van der Waals surface area contributed by atoms with Crippen molar-refractivity contribution in [2.24, 2.45) is 0 Å². The lowest BCUT2D eigenvalue weighted by molar-refractivity contribution is -0.267. The molecule has 0 fully saturated rings. The van der Waals surface area contributed by atoms with Crippen LogP contribution in [0.4, 0.5) is 22.7 Å². The van der Waals surface area contributed by atoms with Gasteiger partial charge in [-0.2, -0.15) is 8.42 Å². The van der Waals surface area contributed by atoms with Crippen LogP contribution in [0.1, 0.15) is 11.1 Å². The quantitative estimate of drug-likeness (QED) is 0.0473. The molecule has 6 aromatic carbocycles. The Morgan fingerprint density at radius 3 is 1.60 bits per heavy atom. The van der Waals surface area contributed by atoms with Crippen LogP contribution in [0, 0.1) is 13.8 Å². The highest BCUT2D eigenvalue weighted by molar-refractivity contribution is 7.85. The van der Waals surface area contributed by atoms with E-state index in [1.165, 1.54) is 23.3 Å². The smallest absolute Gasteiger partial charge is 0.294 e. The molecule has 0 saturated heterocycles. The Morgan fingerprint density at radius 1 is 0.638 bits per heavy atom. The lowest BCUT2D eigenvalue weighted by atomic mass is 10.0. The maximum atomic E-state index is 11.5. The minimum absolute atomic E-state index is 0.124. The zero-order valence-corrected chi connectivity index (χ0v) is 27.2. The van der Waals surface area contributed by atoms with Crippen LogP contribution in [0.25, 0.3) is 32.7 Å². The second-order valence-electron chi connectivity index (χ2n) is 10.5. The van der Waals surface area contributed by atoms with E-state index in [4.69, 9.17) is 32.7 Å². The summed E-state index contributed by atoms with van der Waals surface area (Å²) in [5.41, 5.74) is 30.6. The molecule has 47 heavy (non-hydrogen) atoms. The molecule has 0 heterocycles. The number of fused-ring (bicyclic) bond motifs is 2. The van der Waals surface area contributed by atoms with Crippen molar-refractivity contribution in [2.75, 3.05) is 22.9 Å². The number of rotatable bonds is 5. The molecule has 0 spiro atoms. The predicted molar refractivity (Wildman–Crippen MR) is 190 cm³/mol. The molecule has 0 saturated carbocycles. The topological polar surface area (TPSA) is 217 Å². The molecule has 6 aromatic rings. The zero-order valence-electron chi connectivity index (χ0n) is 25.5. The Balaban J connectivity index is 0.000000160. The molecule has 0 bridgehead atoms. The van der Waals surface area contributed by atoms with Gasteiger partial charge in [0.05, 0.1) is 9.79 Å². The molecule has 13 heteroatoms. The molecule has 244 valence electrons. The molecule has 0 amide bonds. The molecule has 0 radical (unpaired) electrons. The predicted octanol–water partition coefficient (Wildman–Crippen LogP) is 6.24. The van der Waals surface area contributed by atoms with Gasteiger partial charge < -0.3 is 22.9 Å². The molecular formula is C34H35N5O6S2. The van der Waals surface area contributed by atoms with E-state index in [0.29, 0.717) is 21.7 Å². The Labute approximate surface area is 275 Å². The summed E-state index contributed by atoms with van der Waals surface area (Å²) in [6, 6.07) is 32.3. The molecule has 1 atom stereocenters. The second-order valence-corrected chi connectivity index (χ2v) is 13.1. The fraction of sp³-hybridized carbons (Fsp3) is 0.0588. The van der Waals surface area contributed by atoms with Crippen LogP contribution in [-0.2, 0) is 26.1 Å². The summed E-state index contributed by atoms with van der Waals surface area (Å²) in [7, 11) is -5.76. The van der Waals surface area contributed by atoms with Crippen LogP contribution in [0.3, 0.4) is 0 Å². The number of benzene rings is 6. The first kappa shape index (κ1) is 34.8. The van der Waals surface area contributed by atoms with Crippen molar-refractivity contribution in [1.29, 1.82) is 0 Å². The first-order valence-electron chi connectivity index (χ1n) is 14.0. The van der Waals surface area contributed by atoms with Gasteiger partial charge in [-0.05, 0) is 108 Å². The van der Waals surface area contributed by atoms with E-state index in [2.05, 4.69) is 17.1 Å². The molecule has 0 aliphatic carbocycles. The Hall–Kier alpha value is -5.02. The van der Waals surface area contributed by atoms with Gasteiger partial charge in [-0.1, -0.05) is 53.4 Å². The Morgan fingerprint density at radius 2 is 1.13 bits per heavy atom. The van der Waals surface area contributed by atoms with Gasteiger partial charge in [-0.15, -0.1) is 4.99 Å². The van der Waals surface area contributed by atoms with Crippen LogP contribution < -0.4 is 27.8 Å². The summed E-state index contributed by atoms with van der Waals surface area (Å²) in [5, 5.41) is 11.4. The van der Waals surface area contributed by atoms with E-state index in [0.717, 1.165) is 38.7 Å². The highest BCUT2D eigenvalue weighted by Gasteiger charge is 2.10. The number of nitrogen functional groups attached to an aromatic ring is 4. The summed E-state index contributed by atoms with van der Waals surface area (Å²) in [4.78, 5) is 5.92. The Bertz CT molecular complexity index is 2140. The fourth-order valence-electron chi connectivity index (χ4n) is 4.64. The number of anilines is 4. The maximum absolute atomic E-state index is 11.5. The normalized spacial score (nSPS) is 11.7. The number of hydrogen-bond donors (Lipinski definition) is 7. The number of aryl methyl sites for hydroxylation is 2. The average molecular weight is 674 g/mol. The lowest BCUT2D eigenvalue weighted by Gasteiger charge is -2.07. The minimum atomic E-state index is -4.15. The van der Waals surface area contributed by atoms with Crippen LogP contribution in [-0.4, -0.2) is 22.4 Å². The van der Waals surface area contributed by atoms with Crippen molar-refractivity contribution in [3.8, 4) is 11.1 Å². The maximum Gasteiger partial charge on any atom is 0.294 e. The van der Waals surface area contributed by atoms with Gasteiger partial charge in [0.25, 0.3) is 10.1 Å². The first-order valence-corrected chi connectivity index (χ1v) is 16.6. The van der Waals surface area contributed by atoms with Crippen molar-refractivity contribution in [3.05, 3.63) is 120 Å². The van der Waals surface area contributed by atoms with Crippen LogP contribution in [0.15, 0.2) is 119 Å². The minimum Gasteiger partial charge on any atom is -0.399 e. The molecular weight excluding hydrogens is 639 g/mol. The molecule has 0 aliphatic heterocycles. The molecule has 0 aliphatic rings. The second kappa shape index (κ2) is 15.0. The molecule has 1 unspecified atom stereocenters. The lowest BCUT2D eigenvalue weighted by Crippen LogP contribution is -2.15. The highest BCUT2D eigenvalue weighted by Crippen LogP contribution is 2.27. The summed E-state index contributed by atoms with van der Waals surface area (Å²) in [5.74, 6) is 0. The molecule has 6 rings (SSSR count). The fourth-order valence-corrected chi connectivity index (χ4v) is 5.75. The third kappa shape index (κ3) is 8.83. The molecule has 11 nitrogen and oxygen atoms in total. The summed E-state index contributed by atoms with van der Waals surface area (Å²) >= 11 is 0. The van der Waals surface area contributed by atoms with Crippen molar-refractivity contribution in [2.45, 2.75) is 23.6 Å². The van der Waals surface area contributed by atoms with Crippen molar-refractivity contribution in [1.82, 2.24) is 4.89 Å². The van der Waals surface area contributed by atoms with E-state index >= 15 is 0 Å². The largest absolute Gasteiger partial charge is 0.399 e. The monoisotopic (exact) mass is 673 g/mol. The summed E-state index contributed by atoms with van der Waals surface area (Å²) in [6.07, 6.45) is 0. The van der Waals surface area contributed by atoms with Crippen molar-refractivity contribution < 1.29 is 27.4 Å². The van der Waals surface area contributed by atoms with Gasteiger partial charge in [0.2, 0.25) is 0 Å². The van der Waals surface area contributed by atoms with Crippen molar-refractivity contribution in [3.63, 3.8) is 0 Å². The highest BCUT2D eigenvalue weighted by atomic mass is 32.2. The Kier molecular flexibility index (Phi) is 11.2. The molecule has 11 N–H and O–H groups in total. The summed E-state index contributed by atoms with van der Waals surface area (Å²) < 4.78 is 42.1. The van der Waals surface area contributed by atoms with Gasteiger partial charge >= 0.3 is 0 Å². The van der Waals surface area contributed by atoms with Gasteiger partial charge in [-0.25, -0.2) is 9.47 Å². The van der Waals surface area contributed by atoms with Crippen molar-refractivity contribution >= 4 is 65.4 Å². The average Bonchev–Trinajstić information content (AvgIpc) is 3.04. The first-order chi connectivity index (χ1) is 22.3. The van der Waals surface area contributed by atoms with E-state index in [-0.39, 0.29) is 4.90 Å². The third-order valence-corrected chi connectivity index (χ3v) is 9.03. The third-order valence-electron chi connectivity index (χ3n) is 7.27. The standard InChI is InChI=1S/C14H16N2.C10H10N2O3S.C10H9NO3S/c1-9-7-11(3-5-13(9)15)12-4-6-14(16)10(2)8-12;11-10-3-1-2-7-6-8(4-5-9(7)10)16(14)12-15-13;11-10-3-1-2-7-6-8(15(12,13)14)4-5-9(7)10/h3-8H,15-16H2,1-2H3;1-6,12-13H,11H2;1-6H,11H2,(H,12,13,14). The van der Waals surface area contributed by atoms with Crippen LogP contribution in [0.2, 0.25) is 0 Å². The van der Waals surface area contributed by atoms with Gasteiger partial charge in [0.15, 0.2) is 11.0 Å². The number of hydrogen-bond acceptors (Lipinski definition) is 9. The van der Waals surface area contributed by atoms with Crippen LogP contribution >= 0.6 is 0 Å². The summed E-state index contributed by atoms with van der Waals surface area (Å²) in [6.45, 7) is 4.03. The number of nitrogens with two attached hydrogens (primary N) is 4. The SMILES string of the molecule is Cc1cc(-c2ccc(N)c(C)c2)ccc1N.Nc1cccc2cc(S(=O)(=O)O)ccc12.Nc1cccc2cc(S(=O)NOO)ccc12. The van der Waals surface area contributed by atoms with E-state index in [1.54, 1.807) is 48.5 Å². The molecule has 0 aromatic heterocycles.